The van der Waals surface area contributed by atoms with Crippen LogP contribution in [0.5, 0.6) is 5.75 Å². The number of benzene rings is 1. The normalized spacial score (nSPS) is 10.7. The standard InChI is InChI=1S/C21H23N3O3S/c1-14-11-17(27-10-4-9-26-3)12-15(2)19(14)18-13-28-21(23-18)24-20(25)16-5-7-22-8-6-16/h5-8,11-13H,4,9-10H2,1-3H3,(H,23,24,25). The summed E-state index contributed by atoms with van der Waals surface area (Å²) in [6.45, 7) is 5.38. The Morgan fingerprint density at radius 2 is 1.86 bits per heavy atom. The second-order valence-electron chi connectivity index (χ2n) is 6.35. The molecule has 2 aromatic heterocycles. The monoisotopic (exact) mass is 397 g/mol. The number of anilines is 1. The lowest BCUT2D eigenvalue weighted by Gasteiger charge is -2.12. The van der Waals surface area contributed by atoms with E-state index in [9.17, 15) is 4.79 Å². The molecule has 1 N–H and O–H groups in total. The summed E-state index contributed by atoms with van der Waals surface area (Å²) in [7, 11) is 1.69. The zero-order valence-electron chi connectivity index (χ0n) is 16.2. The first kappa shape index (κ1) is 20.0. The van der Waals surface area contributed by atoms with Gasteiger partial charge < -0.3 is 9.47 Å². The third kappa shape index (κ3) is 4.94. The van der Waals surface area contributed by atoms with E-state index < -0.39 is 0 Å². The Labute approximate surface area is 168 Å². The topological polar surface area (TPSA) is 73.3 Å². The summed E-state index contributed by atoms with van der Waals surface area (Å²) in [5, 5.41) is 5.36. The van der Waals surface area contributed by atoms with Gasteiger partial charge in [0, 0.05) is 49.0 Å². The fraction of sp³-hybridized carbons (Fsp3) is 0.286. The van der Waals surface area contributed by atoms with Crippen LogP contribution in [0.4, 0.5) is 5.13 Å². The first-order valence-electron chi connectivity index (χ1n) is 8.98. The number of hydrogen-bond donors (Lipinski definition) is 1. The Bertz CT molecular complexity index is 918. The van der Waals surface area contributed by atoms with Gasteiger partial charge in [-0.1, -0.05) is 0 Å². The Hall–Kier alpha value is -2.77. The highest BCUT2D eigenvalue weighted by atomic mass is 32.1. The maximum atomic E-state index is 12.3. The Kier molecular flexibility index (Phi) is 6.73. The molecule has 146 valence electrons. The molecule has 2 heterocycles. The van der Waals surface area contributed by atoms with Crippen molar-refractivity contribution < 1.29 is 14.3 Å². The predicted octanol–water partition coefficient (Wildman–Crippen LogP) is 4.49. The summed E-state index contributed by atoms with van der Waals surface area (Å²) >= 11 is 1.40. The van der Waals surface area contributed by atoms with Crippen LogP contribution in [0.25, 0.3) is 11.3 Å². The van der Waals surface area contributed by atoms with Crippen LogP contribution in [0, 0.1) is 13.8 Å². The SMILES string of the molecule is COCCCOc1cc(C)c(-c2csc(NC(=O)c3ccncc3)n2)c(C)c1. The van der Waals surface area contributed by atoms with Crippen molar-refractivity contribution in [3.05, 3.63) is 58.7 Å². The molecule has 0 saturated carbocycles. The predicted molar refractivity (Wildman–Crippen MR) is 111 cm³/mol. The second kappa shape index (κ2) is 9.43. The number of nitrogens with zero attached hydrogens (tertiary/aromatic N) is 2. The van der Waals surface area contributed by atoms with Crippen LogP contribution >= 0.6 is 11.3 Å². The fourth-order valence-corrected chi connectivity index (χ4v) is 3.62. The van der Waals surface area contributed by atoms with Crippen molar-refractivity contribution in [1.29, 1.82) is 0 Å². The lowest BCUT2D eigenvalue weighted by atomic mass is 10.0. The highest BCUT2D eigenvalue weighted by Gasteiger charge is 2.14. The van der Waals surface area contributed by atoms with Gasteiger partial charge in [-0.3, -0.25) is 15.1 Å². The smallest absolute Gasteiger partial charge is 0.257 e. The van der Waals surface area contributed by atoms with Crippen molar-refractivity contribution in [3.8, 4) is 17.0 Å². The van der Waals surface area contributed by atoms with Crippen LogP contribution in [0.2, 0.25) is 0 Å². The number of hydrogen-bond acceptors (Lipinski definition) is 6. The van der Waals surface area contributed by atoms with E-state index in [0.29, 0.717) is 23.9 Å². The molecule has 0 aliphatic rings. The van der Waals surface area contributed by atoms with Gasteiger partial charge in [-0.25, -0.2) is 4.98 Å². The van der Waals surface area contributed by atoms with Gasteiger partial charge in [-0.05, 0) is 49.2 Å². The van der Waals surface area contributed by atoms with Crippen molar-refractivity contribution in [3.63, 3.8) is 0 Å². The van der Waals surface area contributed by atoms with Crippen molar-refractivity contribution in [2.75, 3.05) is 25.6 Å². The molecule has 0 fully saturated rings. The van der Waals surface area contributed by atoms with Gasteiger partial charge in [-0.2, -0.15) is 0 Å². The molecule has 0 saturated heterocycles. The molecule has 1 aromatic carbocycles. The summed E-state index contributed by atoms with van der Waals surface area (Å²) in [5.41, 5.74) is 4.62. The molecule has 0 aliphatic carbocycles. The maximum Gasteiger partial charge on any atom is 0.257 e. The first-order valence-corrected chi connectivity index (χ1v) is 9.86. The molecule has 3 rings (SSSR count). The number of ether oxygens (including phenoxy) is 2. The molecular formula is C21H23N3O3S. The van der Waals surface area contributed by atoms with Gasteiger partial charge in [0.1, 0.15) is 5.75 Å². The van der Waals surface area contributed by atoms with E-state index in [1.54, 1.807) is 31.6 Å². The zero-order valence-corrected chi connectivity index (χ0v) is 17.0. The van der Waals surface area contributed by atoms with Crippen LogP contribution in [0.1, 0.15) is 27.9 Å². The van der Waals surface area contributed by atoms with Gasteiger partial charge in [-0.15, -0.1) is 11.3 Å². The van der Waals surface area contributed by atoms with E-state index in [2.05, 4.69) is 15.3 Å². The molecule has 3 aromatic rings. The number of rotatable bonds is 8. The highest BCUT2D eigenvalue weighted by molar-refractivity contribution is 7.14. The second-order valence-corrected chi connectivity index (χ2v) is 7.21. The average Bonchev–Trinajstić information content (AvgIpc) is 3.13. The fourth-order valence-electron chi connectivity index (χ4n) is 2.92. The maximum absolute atomic E-state index is 12.3. The number of thiazole rings is 1. The van der Waals surface area contributed by atoms with Crippen LogP contribution in [-0.4, -0.2) is 36.2 Å². The molecule has 1 amide bonds. The molecule has 28 heavy (non-hydrogen) atoms. The van der Waals surface area contributed by atoms with Crippen LogP contribution in [-0.2, 0) is 4.74 Å². The molecule has 7 heteroatoms. The summed E-state index contributed by atoms with van der Waals surface area (Å²) in [5.74, 6) is 0.646. The minimum atomic E-state index is -0.198. The quantitative estimate of drug-likeness (QED) is 0.567. The van der Waals surface area contributed by atoms with Gasteiger partial charge in [0.25, 0.3) is 5.91 Å². The zero-order chi connectivity index (χ0) is 19.9. The number of pyridine rings is 1. The number of aromatic nitrogens is 2. The average molecular weight is 398 g/mol. The van der Waals surface area contributed by atoms with E-state index in [1.807, 2.05) is 31.4 Å². The summed E-state index contributed by atoms with van der Waals surface area (Å²) in [6, 6.07) is 7.38. The van der Waals surface area contributed by atoms with Gasteiger partial charge in [0.15, 0.2) is 5.13 Å². The lowest BCUT2D eigenvalue weighted by molar-refractivity contribution is 0.102. The summed E-state index contributed by atoms with van der Waals surface area (Å²) in [4.78, 5) is 20.8. The molecule has 0 aliphatic heterocycles. The molecule has 0 spiro atoms. The molecule has 0 unspecified atom stereocenters. The van der Waals surface area contributed by atoms with Crippen molar-refractivity contribution >= 4 is 22.4 Å². The number of carbonyl (C=O) groups is 1. The van der Waals surface area contributed by atoms with Crippen LogP contribution in [0.3, 0.4) is 0 Å². The van der Waals surface area contributed by atoms with E-state index >= 15 is 0 Å². The number of methoxy groups -OCH3 is 1. The third-order valence-corrected chi connectivity index (χ3v) is 4.95. The van der Waals surface area contributed by atoms with Gasteiger partial charge in [0.2, 0.25) is 0 Å². The number of nitrogens with one attached hydrogen (secondary N) is 1. The first-order chi connectivity index (χ1) is 13.6. The highest BCUT2D eigenvalue weighted by Crippen LogP contribution is 2.33. The van der Waals surface area contributed by atoms with E-state index in [4.69, 9.17) is 9.47 Å². The molecule has 0 bridgehead atoms. The lowest BCUT2D eigenvalue weighted by Crippen LogP contribution is -2.11. The largest absolute Gasteiger partial charge is 0.493 e. The van der Waals surface area contributed by atoms with Crippen molar-refractivity contribution in [1.82, 2.24) is 9.97 Å². The summed E-state index contributed by atoms with van der Waals surface area (Å²) < 4.78 is 10.8. The third-order valence-electron chi connectivity index (χ3n) is 4.19. The van der Waals surface area contributed by atoms with Crippen LogP contribution < -0.4 is 10.1 Å². The molecule has 0 atom stereocenters. The number of carbonyl (C=O) groups excluding carboxylic acids is 1. The Balaban J connectivity index is 1.73. The molecular weight excluding hydrogens is 374 g/mol. The van der Waals surface area contributed by atoms with E-state index in [-0.39, 0.29) is 5.91 Å². The van der Waals surface area contributed by atoms with E-state index in [0.717, 1.165) is 34.6 Å². The number of amides is 1. The minimum Gasteiger partial charge on any atom is -0.493 e. The minimum absolute atomic E-state index is 0.198. The number of aryl methyl sites for hydroxylation is 2. The van der Waals surface area contributed by atoms with Crippen molar-refractivity contribution in [2.24, 2.45) is 0 Å². The molecule has 0 radical (unpaired) electrons. The van der Waals surface area contributed by atoms with E-state index in [1.165, 1.54) is 11.3 Å². The Morgan fingerprint density at radius 3 is 2.54 bits per heavy atom. The summed E-state index contributed by atoms with van der Waals surface area (Å²) in [6.07, 6.45) is 4.03. The van der Waals surface area contributed by atoms with Gasteiger partial charge in [0.05, 0.1) is 12.3 Å². The van der Waals surface area contributed by atoms with Gasteiger partial charge >= 0.3 is 0 Å². The van der Waals surface area contributed by atoms with Crippen LogP contribution in [0.15, 0.2) is 42.0 Å². The van der Waals surface area contributed by atoms with Crippen molar-refractivity contribution in [2.45, 2.75) is 20.3 Å². The Morgan fingerprint density at radius 1 is 1.14 bits per heavy atom. The molecule has 6 nitrogen and oxygen atoms in total.